The van der Waals surface area contributed by atoms with Gasteiger partial charge in [0.15, 0.2) is 0 Å². The third-order valence-electron chi connectivity index (χ3n) is 1.90. The van der Waals surface area contributed by atoms with Gasteiger partial charge in [-0.25, -0.2) is 0 Å². The quantitative estimate of drug-likeness (QED) is 0.496. The average molecular weight is 159 g/mol. The van der Waals surface area contributed by atoms with Gasteiger partial charge in [0.05, 0.1) is 19.3 Å². The smallest absolute Gasteiger partial charge is 0.376 e. The predicted octanol–water partition coefficient (Wildman–Crippen LogP) is -1.21. The van der Waals surface area contributed by atoms with Crippen LogP contribution in [0.25, 0.3) is 0 Å². The summed E-state index contributed by atoms with van der Waals surface area (Å²) in [5.74, 6) is 0. The Morgan fingerprint density at radius 3 is 3.00 bits per heavy atom. The molecule has 1 rings (SSSR count). The molecule has 0 amide bonds. The molecule has 1 aliphatic heterocycles. The lowest BCUT2D eigenvalue weighted by atomic mass is 9.84. The molecule has 0 aromatic rings. The number of hydrogen-bond acceptors (Lipinski definition) is 4. The second-order valence-corrected chi connectivity index (χ2v) is 2.80. The summed E-state index contributed by atoms with van der Waals surface area (Å²) in [5.41, 5.74) is 0. The van der Waals surface area contributed by atoms with Crippen molar-refractivity contribution in [2.24, 2.45) is 0 Å². The molecule has 4 nitrogen and oxygen atoms in total. The Hall–Kier alpha value is -0.0951. The van der Waals surface area contributed by atoms with Crippen LogP contribution in [0.15, 0.2) is 0 Å². The topological polar surface area (TPSA) is 52.9 Å². The van der Waals surface area contributed by atoms with E-state index in [1.807, 2.05) is 4.81 Å². The highest BCUT2D eigenvalue weighted by Gasteiger charge is 2.24. The van der Waals surface area contributed by atoms with E-state index in [0.29, 0.717) is 13.2 Å². The predicted molar refractivity (Wildman–Crippen MR) is 42.2 cm³/mol. The summed E-state index contributed by atoms with van der Waals surface area (Å²) in [6.07, 6.45) is -0.127. The van der Waals surface area contributed by atoms with Crippen molar-refractivity contribution >= 4 is 7.05 Å². The lowest BCUT2D eigenvalue weighted by molar-refractivity contribution is -0.0348. The van der Waals surface area contributed by atoms with Crippen LogP contribution in [0.1, 0.15) is 0 Å². The number of aliphatic hydroxyl groups excluding tert-OH is 1. The standard InChI is InChI=1S/C6H14BNO3/c1-7(10)8-2-3-11-6(4-8)5-9/h6,9-10H,2-5H2,1H3/t6-/m0/s1. The molecular formula is C6H14BNO3. The zero-order valence-electron chi connectivity index (χ0n) is 6.73. The Morgan fingerprint density at radius 2 is 2.45 bits per heavy atom. The van der Waals surface area contributed by atoms with E-state index in [1.54, 1.807) is 6.82 Å². The van der Waals surface area contributed by atoms with Gasteiger partial charge >= 0.3 is 7.05 Å². The van der Waals surface area contributed by atoms with E-state index in [2.05, 4.69) is 0 Å². The molecule has 64 valence electrons. The molecule has 2 N–H and O–H groups in total. The molecule has 0 unspecified atom stereocenters. The van der Waals surface area contributed by atoms with Gasteiger partial charge in [-0.1, -0.05) is 0 Å². The molecule has 0 aliphatic carbocycles. The number of ether oxygens (including phenoxy) is 1. The maximum atomic E-state index is 9.18. The van der Waals surface area contributed by atoms with Gasteiger partial charge in [-0.05, 0) is 6.82 Å². The molecule has 0 saturated carbocycles. The zero-order valence-corrected chi connectivity index (χ0v) is 6.73. The Bertz CT molecular complexity index is 122. The largest absolute Gasteiger partial charge is 0.437 e. The number of nitrogens with zero attached hydrogens (tertiary/aromatic N) is 1. The van der Waals surface area contributed by atoms with Gasteiger partial charge in [0.2, 0.25) is 0 Å². The fourth-order valence-electron chi connectivity index (χ4n) is 1.19. The molecule has 1 fully saturated rings. The van der Waals surface area contributed by atoms with Crippen molar-refractivity contribution < 1.29 is 14.9 Å². The van der Waals surface area contributed by atoms with Gasteiger partial charge in [-0.15, -0.1) is 0 Å². The van der Waals surface area contributed by atoms with Gasteiger partial charge in [0.25, 0.3) is 0 Å². The highest BCUT2D eigenvalue weighted by Crippen LogP contribution is 2.04. The summed E-state index contributed by atoms with van der Waals surface area (Å²) in [6.45, 7) is 3.71. The number of aliphatic hydroxyl groups is 1. The van der Waals surface area contributed by atoms with Gasteiger partial charge in [0, 0.05) is 13.1 Å². The Labute approximate surface area is 66.9 Å². The van der Waals surface area contributed by atoms with Crippen molar-refractivity contribution in [3.63, 3.8) is 0 Å². The molecule has 1 saturated heterocycles. The molecule has 0 aromatic carbocycles. The van der Waals surface area contributed by atoms with E-state index in [4.69, 9.17) is 9.84 Å². The van der Waals surface area contributed by atoms with Crippen LogP contribution in [0, 0.1) is 0 Å². The summed E-state index contributed by atoms with van der Waals surface area (Å²) in [4.78, 5) is 1.88. The van der Waals surface area contributed by atoms with Crippen LogP contribution in [0.3, 0.4) is 0 Å². The first kappa shape index (κ1) is 9.00. The molecule has 0 radical (unpaired) electrons. The Balaban J connectivity index is 2.33. The molecule has 11 heavy (non-hydrogen) atoms. The normalized spacial score (nSPS) is 27.0. The molecule has 1 atom stereocenters. The molecule has 5 heteroatoms. The molecule has 0 spiro atoms. The second-order valence-electron chi connectivity index (χ2n) is 2.80. The SMILES string of the molecule is CB(O)N1CCO[C@H](CO)C1. The van der Waals surface area contributed by atoms with E-state index in [9.17, 15) is 5.02 Å². The molecular weight excluding hydrogens is 145 g/mol. The van der Waals surface area contributed by atoms with Gasteiger partial charge < -0.3 is 19.7 Å². The minimum Gasteiger partial charge on any atom is -0.437 e. The van der Waals surface area contributed by atoms with Gasteiger partial charge in [-0.3, -0.25) is 0 Å². The maximum absolute atomic E-state index is 9.18. The second kappa shape index (κ2) is 4.06. The number of morpholine rings is 1. The summed E-state index contributed by atoms with van der Waals surface area (Å²) in [5, 5.41) is 17.9. The Kier molecular flexibility index (Phi) is 3.32. The third kappa shape index (κ3) is 2.45. The van der Waals surface area contributed by atoms with Crippen molar-refractivity contribution in [2.45, 2.75) is 12.9 Å². The third-order valence-corrected chi connectivity index (χ3v) is 1.90. The van der Waals surface area contributed by atoms with Crippen LogP contribution in [0.2, 0.25) is 6.82 Å². The number of rotatable bonds is 2. The van der Waals surface area contributed by atoms with Crippen molar-refractivity contribution in [2.75, 3.05) is 26.3 Å². The van der Waals surface area contributed by atoms with Crippen LogP contribution in [-0.4, -0.2) is 54.4 Å². The van der Waals surface area contributed by atoms with Crippen molar-refractivity contribution in [3.8, 4) is 0 Å². The minimum absolute atomic E-state index is 0.0310. The lowest BCUT2D eigenvalue weighted by Crippen LogP contribution is -2.50. The van der Waals surface area contributed by atoms with Gasteiger partial charge in [-0.2, -0.15) is 0 Å². The highest BCUT2D eigenvalue weighted by atomic mass is 16.5. The molecule has 1 heterocycles. The Morgan fingerprint density at radius 1 is 1.73 bits per heavy atom. The molecule has 0 aromatic heterocycles. The van der Waals surface area contributed by atoms with Crippen LogP contribution in [0.4, 0.5) is 0 Å². The summed E-state index contributed by atoms with van der Waals surface area (Å²) >= 11 is 0. The first-order chi connectivity index (χ1) is 5.24. The van der Waals surface area contributed by atoms with Crippen LogP contribution < -0.4 is 0 Å². The summed E-state index contributed by atoms with van der Waals surface area (Å²) in [6, 6.07) is 0. The van der Waals surface area contributed by atoms with E-state index < -0.39 is 7.05 Å². The van der Waals surface area contributed by atoms with E-state index in [0.717, 1.165) is 6.54 Å². The maximum Gasteiger partial charge on any atom is 0.376 e. The van der Waals surface area contributed by atoms with E-state index in [1.165, 1.54) is 0 Å². The van der Waals surface area contributed by atoms with E-state index >= 15 is 0 Å². The average Bonchev–Trinajstić information content (AvgIpc) is 2.05. The lowest BCUT2D eigenvalue weighted by Gasteiger charge is -2.32. The van der Waals surface area contributed by atoms with Crippen LogP contribution in [-0.2, 0) is 4.74 Å². The number of hydrogen-bond donors (Lipinski definition) is 2. The molecule has 1 aliphatic rings. The summed E-state index contributed by atoms with van der Waals surface area (Å²) < 4.78 is 5.20. The van der Waals surface area contributed by atoms with Crippen molar-refractivity contribution in [1.82, 2.24) is 4.81 Å². The first-order valence-corrected chi connectivity index (χ1v) is 3.88. The van der Waals surface area contributed by atoms with Crippen molar-refractivity contribution in [1.29, 1.82) is 0 Å². The zero-order chi connectivity index (χ0) is 8.27. The van der Waals surface area contributed by atoms with Crippen molar-refractivity contribution in [3.05, 3.63) is 0 Å². The minimum atomic E-state index is -0.437. The molecule has 0 bridgehead atoms. The fourth-order valence-corrected chi connectivity index (χ4v) is 1.19. The highest BCUT2D eigenvalue weighted by molar-refractivity contribution is 6.45. The monoisotopic (exact) mass is 159 g/mol. The van der Waals surface area contributed by atoms with Gasteiger partial charge in [0.1, 0.15) is 0 Å². The fraction of sp³-hybridized carbons (Fsp3) is 1.00. The van der Waals surface area contributed by atoms with E-state index in [-0.39, 0.29) is 12.7 Å². The summed E-state index contributed by atoms with van der Waals surface area (Å²) in [7, 11) is -0.437. The van der Waals surface area contributed by atoms with Crippen LogP contribution >= 0.6 is 0 Å². The van der Waals surface area contributed by atoms with Crippen LogP contribution in [0.5, 0.6) is 0 Å². The first-order valence-electron chi connectivity index (χ1n) is 3.88.